The maximum Gasteiger partial charge on any atom is 0.0449 e. The highest BCUT2D eigenvalue weighted by molar-refractivity contribution is 5.29. The summed E-state index contributed by atoms with van der Waals surface area (Å²) in [5, 5.41) is 9.32. The molecule has 2 heteroatoms. The van der Waals surface area contributed by atoms with Gasteiger partial charge in [0.05, 0.1) is 0 Å². The van der Waals surface area contributed by atoms with Gasteiger partial charge in [-0.25, -0.2) is 0 Å². The summed E-state index contributed by atoms with van der Waals surface area (Å²) in [5.74, 6) is 0. The molecule has 0 aliphatic carbocycles. The van der Waals surface area contributed by atoms with E-state index >= 15 is 0 Å². The zero-order valence-corrected chi connectivity index (χ0v) is 12.5. The number of hydrogen-bond donors (Lipinski definition) is 1. The predicted octanol–water partition coefficient (Wildman–Crippen LogP) is 3.50. The van der Waals surface area contributed by atoms with Crippen LogP contribution in [0.2, 0.25) is 0 Å². The van der Waals surface area contributed by atoms with Gasteiger partial charge in [0, 0.05) is 12.6 Å². The van der Waals surface area contributed by atoms with E-state index in [1.54, 1.807) is 0 Å². The van der Waals surface area contributed by atoms with Crippen molar-refractivity contribution >= 4 is 0 Å². The summed E-state index contributed by atoms with van der Waals surface area (Å²) in [6, 6.07) is 9.38. The van der Waals surface area contributed by atoms with Crippen molar-refractivity contribution in [3.8, 4) is 0 Å². The van der Waals surface area contributed by atoms with E-state index in [-0.39, 0.29) is 12.0 Å². The van der Waals surface area contributed by atoms with Gasteiger partial charge >= 0.3 is 0 Å². The lowest BCUT2D eigenvalue weighted by atomic mass is 9.86. The molecule has 1 saturated heterocycles. The van der Waals surface area contributed by atoms with E-state index < -0.39 is 0 Å². The third-order valence-electron chi connectivity index (χ3n) is 4.15. The first-order chi connectivity index (χ1) is 9.02. The predicted molar refractivity (Wildman–Crippen MR) is 80.4 cm³/mol. The van der Waals surface area contributed by atoms with Crippen LogP contribution in [0.3, 0.4) is 0 Å². The minimum Gasteiger partial charge on any atom is -0.396 e. The van der Waals surface area contributed by atoms with Crippen LogP contribution in [0.15, 0.2) is 24.3 Å². The monoisotopic (exact) mass is 261 g/mol. The molecule has 0 spiro atoms. The van der Waals surface area contributed by atoms with Crippen LogP contribution in [0.4, 0.5) is 0 Å². The summed E-state index contributed by atoms with van der Waals surface area (Å²) in [6.45, 7) is 9.34. The molecule has 0 radical (unpaired) electrons. The van der Waals surface area contributed by atoms with Crippen LogP contribution in [0.25, 0.3) is 0 Å². The summed E-state index contributed by atoms with van der Waals surface area (Å²) in [5.41, 5.74) is 2.93. The van der Waals surface area contributed by atoms with E-state index in [4.69, 9.17) is 0 Å². The van der Waals surface area contributed by atoms with Crippen molar-refractivity contribution in [1.29, 1.82) is 0 Å². The third kappa shape index (κ3) is 3.58. The normalized spacial score (nSPS) is 18.7. The summed E-state index contributed by atoms with van der Waals surface area (Å²) < 4.78 is 0. The van der Waals surface area contributed by atoms with Gasteiger partial charge < -0.3 is 5.11 Å². The van der Waals surface area contributed by atoms with E-state index in [1.807, 2.05) is 0 Å². The van der Waals surface area contributed by atoms with Gasteiger partial charge in [-0.05, 0) is 48.9 Å². The second-order valence-corrected chi connectivity index (χ2v) is 6.64. The van der Waals surface area contributed by atoms with E-state index in [0.29, 0.717) is 6.04 Å². The first-order valence-electron chi connectivity index (χ1n) is 7.48. The molecule has 1 N–H and O–H groups in total. The summed E-state index contributed by atoms with van der Waals surface area (Å²) in [7, 11) is 0. The molecule has 0 amide bonds. The highest BCUT2D eigenvalue weighted by Crippen LogP contribution is 2.30. The van der Waals surface area contributed by atoms with Crippen molar-refractivity contribution in [1.82, 2.24) is 4.90 Å². The van der Waals surface area contributed by atoms with Gasteiger partial charge in [0.15, 0.2) is 0 Å². The van der Waals surface area contributed by atoms with E-state index in [2.05, 4.69) is 49.9 Å². The number of benzene rings is 1. The lowest BCUT2D eigenvalue weighted by Gasteiger charge is -2.28. The highest BCUT2D eigenvalue weighted by Gasteiger charge is 2.23. The Morgan fingerprint density at radius 2 is 1.68 bits per heavy atom. The molecule has 1 aliphatic rings. The van der Waals surface area contributed by atoms with Crippen LogP contribution in [-0.4, -0.2) is 29.7 Å². The van der Waals surface area contributed by atoms with E-state index in [0.717, 1.165) is 6.42 Å². The summed E-state index contributed by atoms with van der Waals surface area (Å²) >= 11 is 0. The Morgan fingerprint density at radius 1 is 1.11 bits per heavy atom. The number of rotatable bonds is 4. The Kier molecular flexibility index (Phi) is 4.64. The number of nitrogens with zero attached hydrogens (tertiary/aromatic N) is 1. The maximum absolute atomic E-state index is 9.32. The molecule has 1 fully saturated rings. The molecule has 1 aromatic carbocycles. The Balaban J connectivity index is 2.17. The topological polar surface area (TPSA) is 23.5 Å². The molecule has 2 rings (SSSR count). The van der Waals surface area contributed by atoms with Gasteiger partial charge in [0.2, 0.25) is 0 Å². The summed E-state index contributed by atoms with van der Waals surface area (Å²) in [4.78, 5) is 2.52. The van der Waals surface area contributed by atoms with Crippen LogP contribution in [0.5, 0.6) is 0 Å². The largest absolute Gasteiger partial charge is 0.396 e. The average Bonchev–Trinajstić information content (AvgIpc) is 2.89. The molecule has 19 heavy (non-hydrogen) atoms. The molecule has 1 aromatic rings. The van der Waals surface area contributed by atoms with Crippen molar-refractivity contribution in [2.45, 2.75) is 51.5 Å². The molecular formula is C17H27NO. The lowest BCUT2D eigenvalue weighted by Crippen LogP contribution is -2.26. The van der Waals surface area contributed by atoms with Gasteiger partial charge in [-0.3, -0.25) is 4.90 Å². The second-order valence-electron chi connectivity index (χ2n) is 6.64. The smallest absolute Gasteiger partial charge is 0.0449 e. The molecule has 0 bridgehead atoms. The van der Waals surface area contributed by atoms with Gasteiger partial charge in [0.25, 0.3) is 0 Å². The van der Waals surface area contributed by atoms with Crippen LogP contribution in [0, 0.1) is 0 Å². The van der Waals surface area contributed by atoms with Crippen molar-refractivity contribution < 1.29 is 5.11 Å². The first kappa shape index (κ1) is 14.5. The SMILES string of the molecule is CC(C)(C)c1ccc(C(CCO)N2CCCC2)cc1. The number of aliphatic hydroxyl groups is 1. The zero-order valence-electron chi connectivity index (χ0n) is 12.5. The van der Waals surface area contributed by atoms with Crippen LogP contribution in [0.1, 0.15) is 57.2 Å². The van der Waals surface area contributed by atoms with E-state index in [9.17, 15) is 5.11 Å². The fourth-order valence-electron chi connectivity index (χ4n) is 2.94. The maximum atomic E-state index is 9.32. The Morgan fingerprint density at radius 3 is 2.16 bits per heavy atom. The second kappa shape index (κ2) is 6.06. The molecular weight excluding hydrogens is 234 g/mol. The molecule has 2 nitrogen and oxygen atoms in total. The fourth-order valence-corrected chi connectivity index (χ4v) is 2.94. The number of hydrogen-bond acceptors (Lipinski definition) is 2. The zero-order chi connectivity index (χ0) is 13.9. The van der Waals surface area contributed by atoms with Gasteiger partial charge in [0.1, 0.15) is 0 Å². The van der Waals surface area contributed by atoms with E-state index in [1.165, 1.54) is 37.1 Å². The van der Waals surface area contributed by atoms with Crippen molar-refractivity contribution in [2.24, 2.45) is 0 Å². The van der Waals surface area contributed by atoms with Crippen molar-refractivity contribution in [2.75, 3.05) is 19.7 Å². The average molecular weight is 261 g/mol. The van der Waals surface area contributed by atoms with Crippen LogP contribution < -0.4 is 0 Å². The highest BCUT2D eigenvalue weighted by atomic mass is 16.3. The molecule has 0 saturated carbocycles. The number of aliphatic hydroxyl groups excluding tert-OH is 1. The fraction of sp³-hybridized carbons (Fsp3) is 0.647. The van der Waals surface area contributed by atoms with Gasteiger partial charge in [-0.1, -0.05) is 45.0 Å². The van der Waals surface area contributed by atoms with Crippen molar-refractivity contribution in [3.63, 3.8) is 0 Å². The molecule has 1 unspecified atom stereocenters. The third-order valence-corrected chi connectivity index (χ3v) is 4.15. The molecule has 1 aliphatic heterocycles. The molecule has 0 aromatic heterocycles. The Hall–Kier alpha value is -0.860. The lowest BCUT2D eigenvalue weighted by molar-refractivity contribution is 0.185. The van der Waals surface area contributed by atoms with Crippen LogP contribution >= 0.6 is 0 Å². The number of likely N-dealkylation sites (tertiary alicyclic amines) is 1. The standard InChI is InChI=1S/C17H27NO/c1-17(2,3)15-8-6-14(7-9-15)16(10-13-19)18-11-4-5-12-18/h6-9,16,19H,4-5,10-13H2,1-3H3. The van der Waals surface area contributed by atoms with Gasteiger partial charge in [-0.2, -0.15) is 0 Å². The quantitative estimate of drug-likeness (QED) is 0.896. The Labute approximate surface area is 117 Å². The minimum absolute atomic E-state index is 0.207. The minimum atomic E-state index is 0.207. The van der Waals surface area contributed by atoms with Gasteiger partial charge in [-0.15, -0.1) is 0 Å². The van der Waals surface area contributed by atoms with Crippen molar-refractivity contribution in [3.05, 3.63) is 35.4 Å². The summed E-state index contributed by atoms with van der Waals surface area (Å²) in [6.07, 6.45) is 3.43. The molecule has 1 heterocycles. The first-order valence-corrected chi connectivity index (χ1v) is 7.48. The van der Waals surface area contributed by atoms with Crippen LogP contribution in [-0.2, 0) is 5.41 Å². The Bertz CT molecular complexity index is 385. The molecule has 1 atom stereocenters. The molecule has 106 valence electrons.